The van der Waals surface area contributed by atoms with Gasteiger partial charge in [0.25, 0.3) is 0 Å². The van der Waals surface area contributed by atoms with Crippen LogP contribution in [-0.2, 0) is 0 Å². The van der Waals surface area contributed by atoms with Crippen LogP contribution in [0, 0.1) is 0 Å². The molecule has 0 bridgehead atoms. The molecule has 18 heavy (non-hydrogen) atoms. The van der Waals surface area contributed by atoms with Crippen LogP contribution in [0.2, 0.25) is 5.02 Å². The Bertz CT molecular complexity index is 394. The van der Waals surface area contributed by atoms with Gasteiger partial charge in [-0.2, -0.15) is 0 Å². The molecule has 1 saturated heterocycles. The lowest BCUT2D eigenvalue weighted by Gasteiger charge is -2.36. The Morgan fingerprint density at radius 2 is 2.17 bits per heavy atom. The number of halogens is 1. The molecule has 0 saturated carbocycles. The van der Waals surface area contributed by atoms with Crippen LogP contribution in [0.25, 0.3) is 0 Å². The van der Waals surface area contributed by atoms with Crippen molar-refractivity contribution in [2.45, 2.75) is 51.2 Å². The van der Waals surface area contributed by atoms with Gasteiger partial charge < -0.3 is 5.73 Å². The summed E-state index contributed by atoms with van der Waals surface area (Å²) in [4.78, 5) is 2.52. The molecule has 1 heterocycles. The van der Waals surface area contributed by atoms with Gasteiger partial charge in [0.15, 0.2) is 0 Å². The summed E-state index contributed by atoms with van der Waals surface area (Å²) in [7, 11) is 0. The van der Waals surface area contributed by atoms with E-state index in [1.165, 1.54) is 18.4 Å². The van der Waals surface area contributed by atoms with Gasteiger partial charge in [-0.15, -0.1) is 0 Å². The van der Waals surface area contributed by atoms with Crippen molar-refractivity contribution >= 4 is 11.6 Å². The molecular weight excluding hydrogens is 244 g/mol. The van der Waals surface area contributed by atoms with Gasteiger partial charge in [-0.3, -0.25) is 4.90 Å². The number of benzene rings is 1. The van der Waals surface area contributed by atoms with E-state index in [4.69, 9.17) is 17.3 Å². The molecule has 0 radical (unpaired) electrons. The molecule has 0 aromatic heterocycles. The number of hydrogen-bond acceptors (Lipinski definition) is 2. The van der Waals surface area contributed by atoms with E-state index in [-0.39, 0.29) is 12.1 Å². The van der Waals surface area contributed by atoms with Crippen molar-refractivity contribution in [1.29, 1.82) is 0 Å². The van der Waals surface area contributed by atoms with Crippen LogP contribution in [0.1, 0.15) is 44.7 Å². The highest BCUT2D eigenvalue weighted by molar-refractivity contribution is 6.31. The summed E-state index contributed by atoms with van der Waals surface area (Å²) >= 11 is 6.36. The van der Waals surface area contributed by atoms with Crippen molar-refractivity contribution in [2.24, 2.45) is 5.73 Å². The Morgan fingerprint density at radius 1 is 1.44 bits per heavy atom. The van der Waals surface area contributed by atoms with Gasteiger partial charge in [0.2, 0.25) is 0 Å². The quantitative estimate of drug-likeness (QED) is 0.902. The molecule has 2 nitrogen and oxygen atoms in total. The van der Waals surface area contributed by atoms with Gasteiger partial charge >= 0.3 is 0 Å². The van der Waals surface area contributed by atoms with E-state index >= 15 is 0 Å². The predicted molar refractivity (Wildman–Crippen MR) is 77.9 cm³/mol. The smallest absolute Gasteiger partial charge is 0.0516 e. The van der Waals surface area contributed by atoms with E-state index in [0.29, 0.717) is 6.04 Å². The zero-order valence-corrected chi connectivity index (χ0v) is 12.0. The normalized spacial score (nSPS) is 24.1. The Kier molecular flexibility index (Phi) is 4.66. The summed E-state index contributed by atoms with van der Waals surface area (Å²) in [6, 6.07) is 9.11. The maximum absolute atomic E-state index is 6.36. The molecule has 100 valence electrons. The fourth-order valence-electron chi connectivity index (χ4n) is 2.96. The molecule has 3 atom stereocenters. The summed E-state index contributed by atoms with van der Waals surface area (Å²) in [6.07, 6.45) is 3.50. The van der Waals surface area contributed by atoms with E-state index in [1.807, 2.05) is 12.1 Å². The standard InChI is InChI=1S/C15H23ClN2/c1-3-14(17)15(18-10-6-7-11(18)2)12-8-4-5-9-13(12)16/h4-5,8-9,11,14-15H,3,6-7,10,17H2,1-2H3. The lowest BCUT2D eigenvalue weighted by molar-refractivity contribution is 0.163. The van der Waals surface area contributed by atoms with Crippen LogP contribution in [0.15, 0.2) is 24.3 Å². The molecule has 1 aliphatic rings. The predicted octanol–water partition coefficient (Wildman–Crippen LogP) is 3.60. The van der Waals surface area contributed by atoms with Gasteiger partial charge in [0.1, 0.15) is 0 Å². The second-order valence-electron chi connectivity index (χ2n) is 5.27. The fraction of sp³-hybridized carbons (Fsp3) is 0.600. The topological polar surface area (TPSA) is 29.3 Å². The molecule has 0 amide bonds. The van der Waals surface area contributed by atoms with E-state index in [0.717, 1.165) is 18.0 Å². The molecule has 0 spiro atoms. The summed E-state index contributed by atoms with van der Waals surface area (Å²) in [5.41, 5.74) is 7.54. The molecule has 1 aromatic carbocycles. The van der Waals surface area contributed by atoms with Crippen molar-refractivity contribution in [2.75, 3.05) is 6.54 Å². The van der Waals surface area contributed by atoms with Gasteiger partial charge in [0, 0.05) is 17.1 Å². The zero-order chi connectivity index (χ0) is 13.1. The van der Waals surface area contributed by atoms with Crippen LogP contribution in [0.3, 0.4) is 0 Å². The van der Waals surface area contributed by atoms with E-state index < -0.39 is 0 Å². The lowest BCUT2D eigenvalue weighted by Crippen LogP contribution is -2.42. The summed E-state index contributed by atoms with van der Waals surface area (Å²) in [5, 5.41) is 0.838. The Balaban J connectivity index is 2.33. The lowest BCUT2D eigenvalue weighted by atomic mass is 9.95. The molecule has 3 heteroatoms. The molecular formula is C15H23ClN2. The first-order chi connectivity index (χ1) is 8.65. The van der Waals surface area contributed by atoms with Crippen LogP contribution < -0.4 is 5.73 Å². The largest absolute Gasteiger partial charge is 0.326 e. The van der Waals surface area contributed by atoms with Crippen molar-refractivity contribution in [3.05, 3.63) is 34.9 Å². The third kappa shape index (κ3) is 2.71. The fourth-order valence-corrected chi connectivity index (χ4v) is 3.21. The number of nitrogens with two attached hydrogens (primary N) is 1. The summed E-state index contributed by atoms with van der Waals surface area (Å²) in [5.74, 6) is 0. The maximum atomic E-state index is 6.36. The van der Waals surface area contributed by atoms with Crippen LogP contribution >= 0.6 is 11.6 Å². The summed E-state index contributed by atoms with van der Waals surface area (Å²) in [6.45, 7) is 5.57. The van der Waals surface area contributed by atoms with Gasteiger partial charge in [-0.25, -0.2) is 0 Å². The Labute approximate surface area is 115 Å². The third-order valence-corrected chi connectivity index (χ3v) is 4.41. The number of hydrogen-bond donors (Lipinski definition) is 1. The van der Waals surface area contributed by atoms with Crippen molar-refractivity contribution in [1.82, 2.24) is 4.90 Å². The van der Waals surface area contributed by atoms with Crippen LogP contribution in [0.5, 0.6) is 0 Å². The van der Waals surface area contributed by atoms with Crippen molar-refractivity contribution in [3.63, 3.8) is 0 Å². The third-order valence-electron chi connectivity index (χ3n) is 4.06. The first-order valence-corrected chi connectivity index (χ1v) is 7.28. The van der Waals surface area contributed by atoms with Crippen LogP contribution in [0.4, 0.5) is 0 Å². The van der Waals surface area contributed by atoms with Crippen molar-refractivity contribution in [3.8, 4) is 0 Å². The van der Waals surface area contributed by atoms with E-state index in [9.17, 15) is 0 Å². The van der Waals surface area contributed by atoms with E-state index in [1.54, 1.807) is 0 Å². The molecule has 1 aliphatic heterocycles. The zero-order valence-electron chi connectivity index (χ0n) is 11.3. The number of nitrogens with zero attached hydrogens (tertiary/aromatic N) is 1. The van der Waals surface area contributed by atoms with Gasteiger partial charge in [0.05, 0.1) is 6.04 Å². The molecule has 1 aromatic rings. The highest BCUT2D eigenvalue weighted by Gasteiger charge is 2.33. The average molecular weight is 267 g/mol. The number of likely N-dealkylation sites (tertiary alicyclic amines) is 1. The second kappa shape index (κ2) is 6.05. The molecule has 2 rings (SSSR count). The van der Waals surface area contributed by atoms with Gasteiger partial charge in [-0.1, -0.05) is 36.7 Å². The second-order valence-corrected chi connectivity index (χ2v) is 5.67. The minimum atomic E-state index is 0.144. The molecule has 1 fully saturated rings. The van der Waals surface area contributed by atoms with Crippen molar-refractivity contribution < 1.29 is 0 Å². The highest BCUT2D eigenvalue weighted by atomic mass is 35.5. The minimum Gasteiger partial charge on any atom is -0.326 e. The van der Waals surface area contributed by atoms with Crippen LogP contribution in [-0.4, -0.2) is 23.5 Å². The first-order valence-electron chi connectivity index (χ1n) is 6.91. The Hall–Kier alpha value is -0.570. The first kappa shape index (κ1) is 13.9. The monoisotopic (exact) mass is 266 g/mol. The maximum Gasteiger partial charge on any atom is 0.0516 e. The average Bonchev–Trinajstić information content (AvgIpc) is 2.78. The molecule has 2 N–H and O–H groups in total. The highest BCUT2D eigenvalue weighted by Crippen LogP contribution is 2.35. The number of rotatable bonds is 4. The molecule has 3 unspecified atom stereocenters. The summed E-state index contributed by atoms with van der Waals surface area (Å²) < 4.78 is 0. The van der Waals surface area contributed by atoms with Gasteiger partial charge in [-0.05, 0) is 44.4 Å². The minimum absolute atomic E-state index is 0.144. The Morgan fingerprint density at radius 3 is 2.72 bits per heavy atom. The van der Waals surface area contributed by atoms with E-state index in [2.05, 4.69) is 30.9 Å². The molecule has 0 aliphatic carbocycles. The SMILES string of the molecule is CCC(N)C(c1ccccc1Cl)N1CCCC1C.